The fraction of sp³-hybridized carbons (Fsp3) is 0.400. The van der Waals surface area contributed by atoms with Crippen LogP contribution in [0.3, 0.4) is 0 Å². The van der Waals surface area contributed by atoms with Crippen molar-refractivity contribution in [3.05, 3.63) is 58.2 Å². The summed E-state index contributed by atoms with van der Waals surface area (Å²) in [6, 6.07) is 8.31. The van der Waals surface area contributed by atoms with Gasteiger partial charge in [-0.3, -0.25) is 4.79 Å². The van der Waals surface area contributed by atoms with Gasteiger partial charge in [0.1, 0.15) is 0 Å². The van der Waals surface area contributed by atoms with Crippen molar-refractivity contribution in [1.29, 1.82) is 0 Å². The highest BCUT2D eigenvalue weighted by Crippen LogP contribution is 2.27. The highest BCUT2D eigenvalue weighted by molar-refractivity contribution is 7.98. The van der Waals surface area contributed by atoms with Crippen molar-refractivity contribution < 1.29 is 18.0 Å². The minimum atomic E-state index is -4.65. The van der Waals surface area contributed by atoms with E-state index in [0.29, 0.717) is 23.5 Å². The van der Waals surface area contributed by atoms with Gasteiger partial charge in [-0.05, 0) is 26.3 Å². The Morgan fingerprint density at radius 2 is 1.83 bits per heavy atom. The Morgan fingerprint density at radius 3 is 2.50 bits per heavy atom. The van der Waals surface area contributed by atoms with Crippen LogP contribution in [0, 0.1) is 20.8 Å². The lowest BCUT2D eigenvalue weighted by Gasteiger charge is -2.11. The zero-order valence-corrected chi connectivity index (χ0v) is 17.7. The minimum absolute atomic E-state index is 0.0183. The van der Waals surface area contributed by atoms with Gasteiger partial charge in [-0.15, -0.1) is 5.10 Å². The summed E-state index contributed by atoms with van der Waals surface area (Å²) in [4.78, 5) is 19.8. The molecule has 1 aromatic carbocycles. The zero-order chi connectivity index (χ0) is 21.9. The molecule has 10 heteroatoms. The SMILES string of the molecule is Cc1ccc(CSCCNC(=O)Cc2c(C)nc3nc(C(F)(F)F)nn3c2C)cc1. The number of nitrogens with zero attached hydrogens (tertiary/aromatic N) is 4. The topological polar surface area (TPSA) is 72.2 Å². The van der Waals surface area contributed by atoms with Gasteiger partial charge in [0.25, 0.3) is 11.6 Å². The van der Waals surface area contributed by atoms with Gasteiger partial charge in [0, 0.05) is 35.0 Å². The minimum Gasteiger partial charge on any atom is -0.355 e. The molecule has 0 atom stereocenters. The van der Waals surface area contributed by atoms with Gasteiger partial charge in [0.15, 0.2) is 0 Å². The molecule has 0 spiro atoms. The predicted molar refractivity (Wildman–Crippen MR) is 109 cm³/mol. The van der Waals surface area contributed by atoms with E-state index in [1.807, 2.05) is 6.92 Å². The second-order valence-electron chi connectivity index (χ2n) is 6.97. The standard InChI is InChI=1S/C20H22F3N5OS/c1-12-4-6-15(7-5-12)11-30-9-8-24-17(29)10-16-13(2)25-19-26-18(20(21,22)23)27-28(19)14(16)3/h4-7H,8-11H2,1-3H3,(H,24,29). The Labute approximate surface area is 176 Å². The van der Waals surface area contributed by atoms with Gasteiger partial charge >= 0.3 is 6.18 Å². The van der Waals surface area contributed by atoms with Crippen molar-refractivity contribution >= 4 is 23.4 Å². The molecule has 0 fully saturated rings. The Kier molecular flexibility index (Phi) is 6.64. The molecule has 3 aromatic rings. The number of nitrogens with one attached hydrogen (secondary N) is 1. The lowest BCUT2D eigenvalue weighted by molar-refractivity contribution is -0.144. The summed E-state index contributed by atoms with van der Waals surface area (Å²) in [6.07, 6.45) is -4.63. The third-order valence-electron chi connectivity index (χ3n) is 4.60. The van der Waals surface area contributed by atoms with Crippen LogP contribution < -0.4 is 5.32 Å². The number of alkyl halides is 3. The molecule has 0 bridgehead atoms. The molecule has 30 heavy (non-hydrogen) atoms. The van der Waals surface area contributed by atoms with Crippen LogP contribution in [0.25, 0.3) is 5.78 Å². The van der Waals surface area contributed by atoms with Crippen molar-refractivity contribution in [3.63, 3.8) is 0 Å². The van der Waals surface area contributed by atoms with Crippen molar-refractivity contribution in [2.75, 3.05) is 12.3 Å². The largest absolute Gasteiger partial charge is 0.453 e. The van der Waals surface area contributed by atoms with Gasteiger partial charge in [0.05, 0.1) is 6.42 Å². The number of thioether (sulfide) groups is 1. The number of aromatic nitrogens is 4. The van der Waals surface area contributed by atoms with Gasteiger partial charge in [-0.2, -0.15) is 29.9 Å². The van der Waals surface area contributed by atoms with Gasteiger partial charge in [-0.25, -0.2) is 9.50 Å². The normalized spacial score (nSPS) is 11.8. The monoisotopic (exact) mass is 437 g/mol. The molecular formula is C20H22F3N5OS. The first-order valence-electron chi connectivity index (χ1n) is 9.35. The number of benzene rings is 1. The molecule has 1 N–H and O–H groups in total. The molecule has 2 heterocycles. The fourth-order valence-electron chi connectivity index (χ4n) is 2.94. The van der Waals surface area contributed by atoms with E-state index < -0.39 is 12.0 Å². The van der Waals surface area contributed by atoms with E-state index in [9.17, 15) is 18.0 Å². The first kappa shape index (κ1) is 22.1. The molecule has 0 saturated carbocycles. The highest BCUT2D eigenvalue weighted by Gasteiger charge is 2.37. The average molecular weight is 437 g/mol. The Balaban J connectivity index is 1.56. The third kappa shape index (κ3) is 5.29. The molecule has 0 aliphatic rings. The first-order chi connectivity index (χ1) is 14.1. The number of amides is 1. The second kappa shape index (κ2) is 9.03. The number of fused-ring (bicyclic) bond motifs is 1. The van der Waals surface area contributed by atoms with E-state index in [1.165, 1.54) is 11.1 Å². The zero-order valence-electron chi connectivity index (χ0n) is 16.9. The Morgan fingerprint density at radius 1 is 1.13 bits per heavy atom. The lowest BCUT2D eigenvalue weighted by Crippen LogP contribution is -2.28. The second-order valence-corrected chi connectivity index (χ2v) is 8.08. The van der Waals surface area contributed by atoms with Crippen LogP contribution in [-0.2, 0) is 23.1 Å². The van der Waals surface area contributed by atoms with Crippen LogP contribution in [0.5, 0.6) is 0 Å². The number of carbonyl (C=O) groups excluding carboxylic acids is 1. The van der Waals surface area contributed by atoms with Crippen molar-refractivity contribution in [2.45, 2.75) is 39.1 Å². The summed E-state index contributed by atoms with van der Waals surface area (Å²) in [6.45, 7) is 5.80. The van der Waals surface area contributed by atoms with Gasteiger partial charge in [-0.1, -0.05) is 29.8 Å². The van der Waals surface area contributed by atoms with Gasteiger partial charge in [0.2, 0.25) is 5.91 Å². The molecular weight excluding hydrogens is 415 g/mol. The van der Waals surface area contributed by atoms with E-state index in [-0.39, 0.29) is 18.1 Å². The Hall–Kier alpha value is -2.62. The number of aryl methyl sites for hydroxylation is 3. The lowest BCUT2D eigenvalue weighted by atomic mass is 10.1. The van der Waals surface area contributed by atoms with Gasteiger partial charge < -0.3 is 5.32 Å². The molecule has 0 radical (unpaired) electrons. The molecule has 0 saturated heterocycles. The first-order valence-corrected chi connectivity index (χ1v) is 10.5. The van der Waals surface area contributed by atoms with E-state index in [2.05, 4.69) is 44.6 Å². The summed E-state index contributed by atoms with van der Waals surface area (Å²) in [5.41, 5.74) is 3.88. The summed E-state index contributed by atoms with van der Waals surface area (Å²) in [7, 11) is 0. The maximum atomic E-state index is 12.9. The van der Waals surface area contributed by atoms with Crippen LogP contribution >= 0.6 is 11.8 Å². The fourth-order valence-corrected chi connectivity index (χ4v) is 3.76. The van der Waals surface area contributed by atoms with Crippen LogP contribution in [0.4, 0.5) is 13.2 Å². The number of carbonyl (C=O) groups is 1. The maximum Gasteiger partial charge on any atom is 0.453 e. The highest BCUT2D eigenvalue weighted by atomic mass is 32.2. The molecule has 0 aliphatic heterocycles. The number of halogens is 3. The molecule has 3 rings (SSSR count). The number of hydrogen-bond donors (Lipinski definition) is 1. The number of rotatable bonds is 7. The van der Waals surface area contributed by atoms with Crippen LogP contribution in [0.15, 0.2) is 24.3 Å². The quantitative estimate of drug-likeness (QED) is 0.571. The molecule has 2 aromatic heterocycles. The van der Waals surface area contributed by atoms with E-state index in [0.717, 1.165) is 16.0 Å². The summed E-state index contributed by atoms with van der Waals surface area (Å²) >= 11 is 1.72. The van der Waals surface area contributed by atoms with Crippen molar-refractivity contribution in [1.82, 2.24) is 24.9 Å². The summed E-state index contributed by atoms with van der Waals surface area (Å²) in [5, 5.41) is 6.34. The maximum absolute atomic E-state index is 12.9. The molecule has 1 amide bonds. The molecule has 0 aliphatic carbocycles. The smallest absolute Gasteiger partial charge is 0.355 e. The molecule has 6 nitrogen and oxygen atoms in total. The van der Waals surface area contributed by atoms with Crippen molar-refractivity contribution in [3.8, 4) is 0 Å². The molecule has 0 unspecified atom stereocenters. The van der Waals surface area contributed by atoms with Crippen LogP contribution in [-0.4, -0.2) is 37.8 Å². The Bertz CT molecular complexity index is 1050. The predicted octanol–water partition coefficient (Wildman–Crippen LogP) is 3.66. The van der Waals surface area contributed by atoms with E-state index >= 15 is 0 Å². The van der Waals surface area contributed by atoms with E-state index in [4.69, 9.17) is 0 Å². The van der Waals surface area contributed by atoms with Crippen LogP contribution in [0.1, 0.15) is 33.9 Å². The average Bonchev–Trinajstić information content (AvgIpc) is 3.11. The third-order valence-corrected chi connectivity index (χ3v) is 5.63. The van der Waals surface area contributed by atoms with E-state index in [1.54, 1.807) is 25.6 Å². The molecule has 160 valence electrons. The van der Waals surface area contributed by atoms with Crippen molar-refractivity contribution in [2.24, 2.45) is 0 Å². The number of hydrogen-bond acceptors (Lipinski definition) is 5. The van der Waals surface area contributed by atoms with Crippen LogP contribution in [0.2, 0.25) is 0 Å². The summed E-state index contributed by atoms with van der Waals surface area (Å²) in [5.74, 6) is 0.0310. The summed E-state index contributed by atoms with van der Waals surface area (Å²) < 4.78 is 39.6.